The molecule has 10 nitrogen and oxygen atoms in total. The standard InChI is InChI=1S/C36H38N2O8/c1-36(35(42)43,20-22-8-11-25(12-9-22)46-21-31(39)40)37-34(41)24-10-14-27-29(18-24)38-16-17-45-30-19-26(44-2)13-15-28(30)33(38)32(27)23-6-4-3-5-7-23/h8-15,18-19,23H,3-7,16-17,20-21H2,1-2H3,(H,37,41)(H,39,40)(H,42,43)/t36-/m0/s1. The summed E-state index contributed by atoms with van der Waals surface area (Å²) in [6, 6.07) is 18.1. The Morgan fingerprint density at radius 2 is 1.72 bits per heavy atom. The van der Waals surface area contributed by atoms with Gasteiger partial charge in [0.25, 0.3) is 5.91 Å². The van der Waals surface area contributed by atoms with Crippen molar-refractivity contribution < 1.29 is 38.8 Å². The third-order valence-corrected chi connectivity index (χ3v) is 9.10. The lowest BCUT2D eigenvalue weighted by atomic mass is 9.81. The summed E-state index contributed by atoms with van der Waals surface area (Å²) in [6.07, 6.45) is 5.80. The van der Waals surface area contributed by atoms with E-state index in [-0.39, 0.29) is 6.42 Å². The highest BCUT2D eigenvalue weighted by Gasteiger charge is 2.36. The van der Waals surface area contributed by atoms with E-state index in [0.717, 1.165) is 46.5 Å². The number of hydrogen-bond donors (Lipinski definition) is 3. The molecular weight excluding hydrogens is 588 g/mol. The van der Waals surface area contributed by atoms with Gasteiger partial charge in [0.15, 0.2) is 6.61 Å². The molecule has 3 aromatic carbocycles. The molecule has 6 rings (SSSR count). The number of aliphatic carboxylic acids is 2. The maximum Gasteiger partial charge on any atom is 0.341 e. The fraction of sp³-hybridized carbons (Fsp3) is 0.361. The number of methoxy groups -OCH3 is 1. The van der Waals surface area contributed by atoms with Crippen molar-refractivity contribution in [2.75, 3.05) is 20.3 Å². The van der Waals surface area contributed by atoms with Crippen molar-refractivity contribution in [2.24, 2.45) is 0 Å². The summed E-state index contributed by atoms with van der Waals surface area (Å²) in [6.45, 7) is 2.05. The number of nitrogens with one attached hydrogen (secondary N) is 1. The maximum absolute atomic E-state index is 13.7. The van der Waals surface area contributed by atoms with Crippen molar-refractivity contribution in [3.8, 4) is 28.5 Å². The number of carbonyl (C=O) groups is 3. The highest BCUT2D eigenvalue weighted by molar-refractivity contribution is 6.03. The molecule has 0 unspecified atom stereocenters. The molecule has 1 saturated carbocycles. The Bertz CT molecular complexity index is 1790. The number of aromatic nitrogens is 1. The quantitative estimate of drug-likeness (QED) is 0.194. The first-order valence-corrected chi connectivity index (χ1v) is 15.6. The van der Waals surface area contributed by atoms with Crippen LogP contribution in [0.5, 0.6) is 17.2 Å². The minimum absolute atomic E-state index is 0.0134. The lowest BCUT2D eigenvalue weighted by molar-refractivity contribution is -0.143. The van der Waals surface area contributed by atoms with Crippen LogP contribution in [0.4, 0.5) is 0 Å². The fourth-order valence-corrected chi connectivity index (χ4v) is 6.79. The normalized spacial score (nSPS) is 15.9. The minimum Gasteiger partial charge on any atom is -0.497 e. The number of fused-ring (bicyclic) bond motifs is 5. The third-order valence-electron chi connectivity index (χ3n) is 9.10. The molecule has 46 heavy (non-hydrogen) atoms. The summed E-state index contributed by atoms with van der Waals surface area (Å²) in [5.74, 6) is -0.516. The molecule has 1 aliphatic carbocycles. The van der Waals surface area contributed by atoms with Crippen LogP contribution in [-0.4, -0.2) is 58.5 Å². The van der Waals surface area contributed by atoms with Gasteiger partial charge in [0, 0.05) is 34.5 Å². The van der Waals surface area contributed by atoms with Gasteiger partial charge in [-0.15, -0.1) is 0 Å². The van der Waals surface area contributed by atoms with Gasteiger partial charge < -0.3 is 34.3 Å². The molecule has 0 bridgehead atoms. The number of carbonyl (C=O) groups excluding carboxylic acids is 1. The van der Waals surface area contributed by atoms with E-state index in [0.29, 0.717) is 35.9 Å². The first-order chi connectivity index (χ1) is 22.2. The summed E-state index contributed by atoms with van der Waals surface area (Å²) in [5.41, 5.74) is 3.72. The monoisotopic (exact) mass is 626 g/mol. The number of hydrogen-bond acceptors (Lipinski definition) is 6. The van der Waals surface area contributed by atoms with Gasteiger partial charge in [-0.1, -0.05) is 37.5 Å². The number of carboxylic acid groups (broad SMARTS) is 2. The fourth-order valence-electron chi connectivity index (χ4n) is 6.79. The zero-order valence-corrected chi connectivity index (χ0v) is 26.0. The van der Waals surface area contributed by atoms with Gasteiger partial charge in [0.05, 0.1) is 19.3 Å². The summed E-state index contributed by atoms with van der Waals surface area (Å²) in [5, 5.41) is 22.9. The first-order valence-electron chi connectivity index (χ1n) is 15.6. The van der Waals surface area contributed by atoms with E-state index in [1.54, 1.807) is 37.4 Å². The Hall–Kier alpha value is -4.99. The molecule has 1 aromatic heterocycles. The molecule has 10 heteroatoms. The number of rotatable bonds is 10. The van der Waals surface area contributed by atoms with E-state index < -0.39 is 30.0 Å². The van der Waals surface area contributed by atoms with Crippen molar-refractivity contribution >= 4 is 28.7 Å². The number of benzene rings is 3. The second-order valence-corrected chi connectivity index (χ2v) is 12.3. The smallest absolute Gasteiger partial charge is 0.341 e. The number of ether oxygens (including phenoxy) is 3. The largest absolute Gasteiger partial charge is 0.497 e. The highest BCUT2D eigenvalue weighted by Crippen LogP contribution is 2.47. The molecule has 1 fully saturated rings. The molecule has 2 aliphatic rings. The van der Waals surface area contributed by atoms with Crippen LogP contribution in [0.3, 0.4) is 0 Å². The summed E-state index contributed by atoms with van der Waals surface area (Å²) in [7, 11) is 1.64. The molecule has 240 valence electrons. The second-order valence-electron chi connectivity index (χ2n) is 12.3. The Labute approximate surface area is 266 Å². The minimum atomic E-state index is -1.61. The first kappa shape index (κ1) is 31.0. The van der Waals surface area contributed by atoms with Crippen molar-refractivity contribution in [3.63, 3.8) is 0 Å². The maximum atomic E-state index is 13.7. The van der Waals surface area contributed by atoms with Crippen molar-refractivity contribution in [1.82, 2.24) is 9.88 Å². The van der Waals surface area contributed by atoms with E-state index >= 15 is 0 Å². The van der Waals surface area contributed by atoms with Crippen LogP contribution in [0.15, 0.2) is 60.7 Å². The Balaban J connectivity index is 1.34. The van der Waals surface area contributed by atoms with Gasteiger partial charge in [0.1, 0.15) is 29.4 Å². The van der Waals surface area contributed by atoms with Gasteiger partial charge in [-0.05, 0) is 73.2 Å². The molecule has 0 radical (unpaired) electrons. The zero-order chi connectivity index (χ0) is 32.4. The van der Waals surface area contributed by atoms with E-state index in [2.05, 4.69) is 9.88 Å². The number of amides is 1. The van der Waals surface area contributed by atoms with Crippen LogP contribution in [0.1, 0.15) is 66.4 Å². The molecule has 2 heterocycles. The van der Waals surface area contributed by atoms with Crippen molar-refractivity contribution in [3.05, 3.63) is 77.4 Å². The number of nitrogens with zero attached hydrogens (tertiary/aromatic N) is 1. The predicted molar refractivity (Wildman–Crippen MR) is 172 cm³/mol. The van der Waals surface area contributed by atoms with Gasteiger partial charge in [-0.2, -0.15) is 0 Å². The molecule has 1 amide bonds. The summed E-state index contributed by atoms with van der Waals surface area (Å²) >= 11 is 0. The van der Waals surface area contributed by atoms with Crippen LogP contribution in [-0.2, 0) is 22.6 Å². The predicted octanol–water partition coefficient (Wildman–Crippen LogP) is 6.04. The van der Waals surface area contributed by atoms with Crippen LogP contribution < -0.4 is 19.5 Å². The van der Waals surface area contributed by atoms with Gasteiger partial charge in [-0.3, -0.25) is 4.79 Å². The average molecular weight is 627 g/mol. The van der Waals surface area contributed by atoms with Crippen LogP contribution in [0.2, 0.25) is 0 Å². The Morgan fingerprint density at radius 3 is 2.41 bits per heavy atom. The Morgan fingerprint density at radius 1 is 0.978 bits per heavy atom. The van der Waals surface area contributed by atoms with Gasteiger partial charge >= 0.3 is 11.9 Å². The Kier molecular flexibility index (Phi) is 8.62. The van der Waals surface area contributed by atoms with Crippen molar-refractivity contribution in [1.29, 1.82) is 0 Å². The van der Waals surface area contributed by atoms with Gasteiger partial charge in [-0.25, -0.2) is 9.59 Å². The second kappa shape index (κ2) is 12.8. The summed E-state index contributed by atoms with van der Waals surface area (Å²) in [4.78, 5) is 37.0. The lowest BCUT2D eigenvalue weighted by Crippen LogP contribution is -2.53. The average Bonchev–Trinajstić information content (AvgIpc) is 3.25. The van der Waals surface area contributed by atoms with Crippen LogP contribution in [0, 0.1) is 0 Å². The summed E-state index contributed by atoms with van der Waals surface area (Å²) < 4.78 is 19.1. The highest BCUT2D eigenvalue weighted by atomic mass is 16.5. The zero-order valence-electron chi connectivity index (χ0n) is 26.0. The van der Waals surface area contributed by atoms with Crippen LogP contribution in [0.25, 0.3) is 22.2 Å². The molecule has 1 atom stereocenters. The molecule has 4 aromatic rings. The molecule has 0 saturated heterocycles. The molecular formula is C36H38N2O8. The van der Waals surface area contributed by atoms with Crippen LogP contribution >= 0.6 is 0 Å². The van der Waals surface area contributed by atoms with E-state index in [1.807, 2.05) is 30.3 Å². The SMILES string of the molecule is COc1ccc2c(c1)OCCn1c-2c(C2CCCCC2)c2ccc(C(=O)N[C@@](C)(Cc3ccc(OCC(=O)O)cc3)C(=O)O)cc21. The molecule has 0 spiro atoms. The van der Waals surface area contributed by atoms with E-state index in [9.17, 15) is 19.5 Å². The lowest BCUT2D eigenvalue weighted by Gasteiger charge is -2.26. The van der Waals surface area contributed by atoms with E-state index in [1.165, 1.54) is 31.7 Å². The van der Waals surface area contributed by atoms with E-state index in [4.69, 9.17) is 19.3 Å². The number of carboxylic acids is 2. The van der Waals surface area contributed by atoms with Crippen molar-refractivity contribution in [2.45, 2.75) is 63.5 Å². The molecule has 3 N–H and O–H groups in total. The van der Waals surface area contributed by atoms with Gasteiger partial charge in [0.2, 0.25) is 0 Å². The molecule has 1 aliphatic heterocycles. The third kappa shape index (κ3) is 6.11. The topological polar surface area (TPSA) is 136 Å².